The number of likely N-dealkylation sites (tertiary alicyclic amines) is 1. The van der Waals surface area contributed by atoms with Gasteiger partial charge in [-0.2, -0.15) is 0 Å². The highest BCUT2D eigenvalue weighted by Crippen LogP contribution is 2.33. The van der Waals surface area contributed by atoms with Crippen LogP contribution in [0.2, 0.25) is 0 Å². The molecule has 0 aromatic heterocycles. The number of para-hydroxylation sites is 1. The fourth-order valence-electron chi connectivity index (χ4n) is 3.76. The number of nitrogens with zero attached hydrogens (tertiary/aromatic N) is 1. The molecule has 0 radical (unpaired) electrons. The number of rotatable bonds is 4. The Morgan fingerprint density at radius 1 is 0.957 bits per heavy atom. The van der Waals surface area contributed by atoms with Crippen molar-refractivity contribution < 1.29 is 0 Å². The lowest BCUT2D eigenvalue weighted by atomic mass is 9.85. The van der Waals surface area contributed by atoms with Crippen LogP contribution in [0.4, 0.5) is 5.69 Å². The van der Waals surface area contributed by atoms with Crippen molar-refractivity contribution in [2.24, 2.45) is 5.92 Å². The minimum absolute atomic E-state index is 0.109. The number of hydrogen-bond donors (Lipinski definition) is 1. The van der Waals surface area contributed by atoms with Gasteiger partial charge < -0.3 is 5.73 Å². The third-order valence-electron chi connectivity index (χ3n) is 5.45. The summed E-state index contributed by atoms with van der Waals surface area (Å²) in [5, 5.41) is 0. The van der Waals surface area contributed by atoms with Gasteiger partial charge >= 0.3 is 0 Å². The Morgan fingerprint density at radius 3 is 2.22 bits per heavy atom. The zero-order valence-electron chi connectivity index (χ0n) is 14.3. The SMILES string of the molecule is CC(C)(c1ccccc1)N1CCC(Cc2ccccc2N)CC1. The molecule has 1 saturated heterocycles. The lowest BCUT2D eigenvalue weighted by Crippen LogP contribution is -2.46. The highest BCUT2D eigenvalue weighted by Gasteiger charge is 2.31. The topological polar surface area (TPSA) is 29.3 Å². The first kappa shape index (κ1) is 16.1. The number of hydrogen-bond acceptors (Lipinski definition) is 2. The van der Waals surface area contributed by atoms with Crippen molar-refractivity contribution in [3.8, 4) is 0 Å². The summed E-state index contributed by atoms with van der Waals surface area (Å²) in [6.07, 6.45) is 3.63. The number of anilines is 1. The van der Waals surface area contributed by atoms with Crippen LogP contribution in [-0.4, -0.2) is 18.0 Å². The maximum atomic E-state index is 6.10. The molecule has 0 saturated carbocycles. The Morgan fingerprint density at radius 2 is 1.57 bits per heavy atom. The lowest BCUT2D eigenvalue weighted by molar-refractivity contribution is 0.0732. The molecular weight excluding hydrogens is 280 g/mol. The van der Waals surface area contributed by atoms with Gasteiger partial charge in [-0.3, -0.25) is 4.90 Å². The van der Waals surface area contributed by atoms with Crippen LogP contribution in [0.15, 0.2) is 54.6 Å². The number of piperidine rings is 1. The summed E-state index contributed by atoms with van der Waals surface area (Å²) in [7, 11) is 0. The van der Waals surface area contributed by atoms with E-state index in [2.05, 4.69) is 61.2 Å². The first-order valence-electron chi connectivity index (χ1n) is 8.71. The highest BCUT2D eigenvalue weighted by atomic mass is 15.2. The standard InChI is InChI=1S/C21H28N2/c1-21(2,19-9-4-3-5-10-19)23-14-12-17(13-15-23)16-18-8-6-7-11-20(18)22/h3-11,17H,12-16,22H2,1-2H3. The average molecular weight is 308 g/mol. The van der Waals surface area contributed by atoms with Gasteiger partial charge in [0.1, 0.15) is 0 Å². The van der Waals surface area contributed by atoms with Crippen molar-refractivity contribution in [1.29, 1.82) is 0 Å². The Hall–Kier alpha value is -1.80. The molecular formula is C21H28N2. The molecule has 0 bridgehead atoms. The average Bonchev–Trinajstić information content (AvgIpc) is 2.58. The Balaban J connectivity index is 1.61. The molecule has 0 spiro atoms. The van der Waals surface area contributed by atoms with Gasteiger partial charge in [0.2, 0.25) is 0 Å². The van der Waals surface area contributed by atoms with E-state index in [4.69, 9.17) is 5.73 Å². The largest absolute Gasteiger partial charge is 0.399 e. The number of nitrogens with two attached hydrogens (primary N) is 1. The Bertz CT molecular complexity index is 625. The summed E-state index contributed by atoms with van der Waals surface area (Å²) in [6.45, 7) is 7.02. The van der Waals surface area contributed by atoms with Crippen LogP contribution in [-0.2, 0) is 12.0 Å². The molecule has 0 unspecified atom stereocenters. The Kier molecular flexibility index (Phi) is 4.72. The van der Waals surface area contributed by atoms with E-state index in [0.29, 0.717) is 0 Å². The molecule has 23 heavy (non-hydrogen) atoms. The van der Waals surface area contributed by atoms with Crippen molar-refractivity contribution >= 4 is 5.69 Å². The molecule has 2 N–H and O–H groups in total. The molecule has 0 aliphatic carbocycles. The Labute approximate surface area is 140 Å². The zero-order chi connectivity index (χ0) is 16.3. The van der Waals surface area contributed by atoms with E-state index in [9.17, 15) is 0 Å². The van der Waals surface area contributed by atoms with Crippen LogP contribution >= 0.6 is 0 Å². The lowest BCUT2D eigenvalue weighted by Gasteiger charge is -2.43. The fourth-order valence-corrected chi connectivity index (χ4v) is 3.76. The van der Waals surface area contributed by atoms with E-state index in [1.54, 1.807) is 0 Å². The molecule has 0 atom stereocenters. The second-order valence-electron chi connectivity index (χ2n) is 7.26. The van der Waals surface area contributed by atoms with Crippen molar-refractivity contribution in [3.63, 3.8) is 0 Å². The predicted molar refractivity (Wildman–Crippen MR) is 98.3 cm³/mol. The molecule has 3 rings (SSSR count). The molecule has 2 nitrogen and oxygen atoms in total. The van der Waals surface area contributed by atoms with Crippen LogP contribution in [0, 0.1) is 5.92 Å². The molecule has 2 aromatic rings. The van der Waals surface area contributed by atoms with E-state index in [1.807, 2.05) is 12.1 Å². The molecule has 2 aromatic carbocycles. The van der Waals surface area contributed by atoms with E-state index < -0.39 is 0 Å². The minimum atomic E-state index is 0.109. The van der Waals surface area contributed by atoms with Gasteiger partial charge in [-0.05, 0) is 69.3 Å². The third-order valence-corrected chi connectivity index (χ3v) is 5.45. The van der Waals surface area contributed by atoms with Crippen LogP contribution in [0.5, 0.6) is 0 Å². The van der Waals surface area contributed by atoms with E-state index in [1.165, 1.54) is 37.1 Å². The summed E-state index contributed by atoms with van der Waals surface area (Å²) in [5.41, 5.74) is 9.87. The summed E-state index contributed by atoms with van der Waals surface area (Å²) >= 11 is 0. The summed E-state index contributed by atoms with van der Waals surface area (Å²) < 4.78 is 0. The van der Waals surface area contributed by atoms with Crippen LogP contribution in [0.3, 0.4) is 0 Å². The summed E-state index contributed by atoms with van der Waals surface area (Å²) in [4.78, 5) is 2.63. The van der Waals surface area contributed by atoms with Gasteiger partial charge in [0.05, 0.1) is 0 Å². The summed E-state index contributed by atoms with van der Waals surface area (Å²) in [6, 6.07) is 19.2. The fraction of sp³-hybridized carbons (Fsp3) is 0.429. The first-order chi connectivity index (χ1) is 11.1. The van der Waals surface area contributed by atoms with Gasteiger partial charge in [0.25, 0.3) is 0 Å². The molecule has 1 heterocycles. The highest BCUT2D eigenvalue weighted by molar-refractivity contribution is 5.46. The molecule has 1 aliphatic rings. The number of benzene rings is 2. The number of nitrogen functional groups attached to an aromatic ring is 1. The van der Waals surface area contributed by atoms with Gasteiger partial charge in [0, 0.05) is 11.2 Å². The second-order valence-corrected chi connectivity index (χ2v) is 7.26. The second kappa shape index (κ2) is 6.76. The monoisotopic (exact) mass is 308 g/mol. The van der Waals surface area contributed by atoms with Crippen molar-refractivity contribution in [2.45, 2.75) is 38.6 Å². The van der Waals surface area contributed by atoms with Gasteiger partial charge in [-0.15, -0.1) is 0 Å². The van der Waals surface area contributed by atoms with Crippen LogP contribution in [0.1, 0.15) is 37.8 Å². The van der Waals surface area contributed by atoms with E-state index >= 15 is 0 Å². The molecule has 2 heteroatoms. The van der Waals surface area contributed by atoms with E-state index in [-0.39, 0.29) is 5.54 Å². The zero-order valence-corrected chi connectivity index (χ0v) is 14.3. The van der Waals surface area contributed by atoms with Gasteiger partial charge in [-0.1, -0.05) is 48.5 Å². The van der Waals surface area contributed by atoms with E-state index in [0.717, 1.165) is 18.0 Å². The van der Waals surface area contributed by atoms with Crippen LogP contribution in [0.25, 0.3) is 0 Å². The molecule has 1 fully saturated rings. The smallest absolute Gasteiger partial charge is 0.0404 e. The maximum absolute atomic E-state index is 6.10. The molecule has 122 valence electrons. The van der Waals surface area contributed by atoms with Crippen molar-refractivity contribution in [3.05, 3.63) is 65.7 Å². The molecule has 1 aliphatic heterocycles. The maximum Gasteiger partial charge on any atom is 0.0404 e. The van der Waals surface area contributed by atoms with Crippen molar-refractivity contribution in [2.75, 3.05) is 18.8 Å². The predicted octanol–water partition coefficient (Wildman–Crippen LogP) is 4.46. The first-order valence-corrected chi connectivity index (χ1v) is 8.71. The summed E-state index contributed by atoms with van der Waals surface area (Å²) in [5.74, 6) is 0.752. The van der Waals surface area contributed by atoms with Crippen LogP contribution < -0.4 is 5.73 Å². The molecule has 0 amide bonds. The normalized spacial score (nSPS) is 17.3. The minimum Gasteiger partial charge on any atom is -0.399 e. The van der Waals surface area contributed by atoms with Gasteiger partial charge in [-0.25, -0.2) is 0 Å². The quantitative estimate of drug-likeness (QED) is 0.845. The third kappa shape index (κ3) is 3.59. The van der Waals surface area contributed by atoms with Gasteiger partial charge in [0.15, 0.2) is 0 Å². The van der Waals surface area contributed by atoms with Crippen molar-refractivity contribution in [1.82, 2.24) is 4.90 Å².